The summed E-state index contributed by atoms with van der Waals surface area (Å²) in [5.74, 6) is 0.465. The Balaban J connectivity index is 2.31. The molecule has 1 aromatic heterocycles. The molecule has 0 bridgehead atoms. The molecule has 122 valence electrons. The van der Waals surface area contributed by atoms with Crippen LogP contribution in [0.15, 0.2) is 54.7 Å². The third kappa shape index (κ3) is 3.12. The highest BCUT2D eigenvalue weighted by molar-refractivity contribution is 5.84. The largest absolute Gasteiger partial charge is 0.255 e. The topological polar surface area (TPSA) is 12.9 Å². The molecule has 0 amide bonds. The van der Waals surface area contributed by atoms with Crippen LogP contribution in [0.1, 0.15) is 42.0 Å². The lowest BCUT2D eigenvalue weighted by Crippen LogP contribution is -1.98. The summed E-state index contributed by atoms with van der Waals surface area (Å²) in [6.45, 7) is 11.0. The number of nitrogens with zero attached hydrogens (tertiary/aromatic N) is 1. The minimum Gasteiger partial charge on any atom is -0.255 e. The molecule has 1 nitrogen and oxygen atoms in total. The standard InChI is InChI=1S/C23H25N/c1-15(2)20-13-21(22-17(4)11-16(3)12-18(22)5)23(24-14-20)19-9-7-6-8-10-19/h6-15H,1-5H3. The van der Waals surface area contributed by atoms with Crippen molar-refractivity contribution in [2.24, 2.45) is 0 Å². The van der Waals surface area contributed by atoms with Crippen LogP contribution in [0.3, 0.4) is 0 Å². The van der Waals surface area contributed by atoms with Crippen molar-refractivity contribution in [3.63, 3.8) is 0 Å². The molecule has 0 unspecified atom stereocenters. The van der Waals surface area contributed by atoms with Crippen LogP contribution >= 0.6 is 0 Å². The van der Waals surface area contributed by atoms with Gasteiger partial charge in [0, 0.05) is 17.3 Å². The van der Waals surface area contributed by atoms with Crippen molar-refractivity contribution in [3.05, 3.63) is 77.0 Å². The number of pyridine rings is 1. The summed E-state index contributed by atoms with van der Waals surface area (Å²) in [5, 5.41) is 0. The highest BCUT2D eigenvalue weighted by Crippen LogP contribution is 2.36. The molecule has 1 heterocycles. The second-order valence-corrected chi connectivity index (χ2v) is 6.96. The van der Waals surface area contributed by atoms with Crippen molar-refractivity contribution in [1.29, 1.82) is 0 Å². The van der Waals surface area contributed by atoms with Crippen LogP contribution in [-0.4, -0.2) is 4.98 Å². The minimum atomic E-state index is 0.465. The van der Waals surface area contributed by atoms with Gasteiger partial charge in [-0.15, -0.1) is 0 Å². The molecule has 0 saturated carbocycles. The first-order valence-electron chi connectivity index (χ1n) is 8.61. The Labute approximate surface area is 145 Å². The van der Waals surface area contributed by atoms with Crippen LogP contribution in [-0.2, 0) is 0 Å². The lowest BCUT2D eigenvalue weighted by molar-refractivity contribution is 0.859. The molecule has 3 aromatic rings. The van der Waals surface area contributed by atoms with Crippen molar-refractivity contribution in [2.45, 2.75) is 40.5 Å². The van der Waals surface area contributed by atoms with E-state index >= 15 is 0 Å². The van der Waals surface area contributed by atoms with E-state index in [1.54, 1.807) is 0 Å². The lowest BCUT2D eigenvalue weighted by atomic mass is 9.89. The van der Waals surface area contributed by atoms with Gasteiger partial charge in [-0.3, -0.25) is 4.98 Å². The van der Waals surface area contributed by atoms with E-state index in [-0.39, 0.29) is 0 Å². The first kappa shape index (κ1) is 16.4. The zero-order valence-electron chi connectivity index (χ0n) is 15.2. The Morgan fingerprint density at radius 1 is 0.833 bits per heavy atom. The van der Waals surface area contributed by atoms with Gasteiger partial charge in [-0.05, 0) is 55.0 Å². The maximum Gasteiger partial charge on any atom is 0.0780 e. The molecule has 0 aliphatic heterocycles. The fourth-order valence-electron chi connectivity index (χ4n) is 3.42. The van der Waals surface area contributed by atoms with Crippen molar-refractivity contribution in [1.82, 2.24) is 4.98 Å². The third-order valence-corrected chi connectivity index (χ3v) is 4.57. The Bertz CT molecular complexity index is 837. The van der Waals surface area contributed by atoms with Gasteiger partial charge in [0.1, 0.15) is 0 Å². The Morgan fingerprint density at radius 2 is 1.46 bits per heavy atom. The first-order chi connectivity index (χ1) is 11.5. The van der Waals surface area contributed by atoms with E-state index in [4.69, 9.17) is 4.98 Å². The Kier molecular flexibility index (Phi) is 4.53. The highest BCUT2D eigenvalue weighted by Gasteiger charge is 2.15. The predicted octanol–water partition coefficient (Wildman–Crippen LogP) is 6.46. The van der Waals surface area contributed by atoms with Gasteiger partial charge in [0.15, 0.2) is 0 Å². The summed E-state index contributed by atoms with van der Waals surface area (Å²) in [7, 11) is 0. The molecule has 24 heavy (non-hydrogen) atoms. The Hall–Kier alpha value is -2.41. The van der Waals surface area contributed by atoms with E-state index in [1.165, 1.54) is 38.9 Å². The van der Waals surface area contributed by atoms with Gasteiger partial charge in [0.2, 0.25) is 0 Å². The van der Waals surface area contributed by atoms with Gasteiger partial charge in [-0.1, -0.05) is 61.9 Å². The van der Waals surface area contributed by atoms with Crippen molar-refractivity contribution < 1.29 is 0 Å². The van der Waals surface area contributed by atoms with E-state index in [0.717, 1.165) is 5.69 Å². The monoisotopic (exact) mass is 315 g/mol. The first-order valence-corrected chi connectivity index (χ1v) is 8.61. The van der Waals surface area contributed by atoms with E-state index in [1.807, 2.05) is 12.3 Å². The van der Waals surface area contributed by atoms with Gasteiger partial charge in [-0.2, -0.15) is 0 Å². The van der Waals surface area contributed by atoms with Gasteiger partial charge >= 0.3 is 0 Å². The SMILES string of the molecule is Cc1cc(C)c(-c2cc(C(C)C)cnc2-c2ccccc2)c(C)c1. The van der Waals surface area contributed by atoms with E-state index in [0.29, 0.717) is 5.92 Å². The number of benzene rings is 2. The molecule has 1 heteroatoms. The predicted molar refractivity (Wildman–Crippen MR) is 103 cm³/mol. The number of rotatable bonds is 3. The fraction of sp³-hybridized carbons (Fsp3) is 0.261. The zero-order chi connectivity index (χ0) is 17.3. The van der Waals surface area contributed by atoms with Crippen molar-refractivity contribution >= 4 is 0 Å². The Morgan fingerprint density at radius 3 is 2.04 bits per heavy atom. The normalized spacial score (nSPS) is 11.1. The van der Waals surface area contributed by atoms with E-state index < -0.39 is 0 Å². The number of aryl methyl sites for hydroxylation is 3. The van der Waals surface area contributed by atoms with Crippen LogP contribution < -0.4 is 0 Å². The smallest absolute Gasteiger partial charge is 0.0780 e. The zero-order valence-corrected chi connectivity index (χ0v) is 15.2. The van der Waals surface area contributed by atoms with Gasteiger partial charge in [0.05, 0.1) is 5.69 Å². The van der Waals surface area contributed by atoms with Crippen molar-refractivity contribution in [3.8, 4) is 22.4 Å². The molecule has 3 rings (SSSR count). The minimum absolute atomic E-state index is 0.465. The van der Waals surface area contributed by atoms with Crippen molar-refractivity contribution in [2.75, 3.05) is 0 Å². The third-order valence-electron chi connectivity index (χ3n) is 4.57. The van der Waals surface area contributed by atoms with Crippen LogP contribution in [0.2, 0.25) is 0 Å². The van der Waals surface area contributed by atoms with Gasteiger partial charge < -0.3 is 0 Å². The second kappa shape index (κ2) is 6.60. The molecule has 0 saturated heterocycles. The van der Waals surface area contributed by atoms with Crippen LogP contribution in [0.5, 0.6) is 0 Å². The second-order valence-electron chi connectivity index (χ2n) is 6.96. The number of aromatic nitrogens is 1. The van der Waals surface area contributed by atoms with Crippen LogP contribution in [0.25, 0.3) is 22.4 Å². The highest BCUT2D eigenvalue weighted by atomic mass is 14.7. The molecule has 2 aromatic carbocycles. The quantitative estimate of drug-likeness (QED) is 0.540. The van der Waals surface area contributed by atoms with E-state index in [9.17, 15) is 0 Å². The summed E-state index contributed by atoms with van der Waals surface area (Å²) < 4.78 is 0. The van der Waals surface area contributed by atoms with Gasteiger partial charge in [-0.25, -0.2) is 0 Å². The molecule has 0 aliphatic rings. The number of hydrogen-bond donors (Lipinski definition) is 0. The summed E-state index contributed by atoms with van der Waals surface area (Å²) in [5.41, 5.74) is 10.0. The molecule has 0 atom stereocenters. The maximum atomic E-state index is 4.85. The summed E-state index contributed by atoms with van der Waals surface area (Å²) >= 11 is 0. The summed E-state index contributed by atoms with van der Waals surface area (Å²) in [6, 6.07) is 17.3. The van der Waals surface area contributed by atoms with Gasteiger partial charge in [0.25, 0.3) is 0 Å². The average molecular weight is 315 g/mol. The molecule has 0 fully saturated rings. The molecular weight excluding hydrogens is 290 g/mol. The van der Waals surface area contributed by atoms with Crippen LogP contribution in [0, 0.1) is 20.8 Å². The summed E-state index contributed by atoms with van der Waals surface area (Å²) in [6.07, 6.45) is 2.02. The molecule has 0 N–H and O–H groups in total. The summed E-state index contributed by atoms with van der Waals surface area (Å²) in [4.78, 5) is 4.85. The number of hydrogen-bond acceptors (Lipinski definition) is 1. The lowest BCUT2D eigenvalue weighted by Gasteiger charge is -2.17. The molecule has 0 spiro atoms. The molecule has 0 aliphatic carbocycles. The fourth-order valence-corrected chi connectivity index (χ4v) is 3.42. The van der Waals surface area contributed by atoms with E-state index in [2.05, 4.69) is 77.1 Å². The van der Waals surface area contributed by atoms with Crippen LogP contribution in [0.4, 0.5) is 0 Å². The molecule has 0 radical (unpaired) electrons. The average Bonchev–Trinajstić information content (AvgIpc) is 2.54. The maximum absolute atomic E-state index is 4.85. The molecular formula is C23H25N.